The van der Waals surface area contributed by atoms with Crippen molar-refractivity contribution in [2.24, 2.45) is 0 Å². The average molecular weight is 307 g/mol. The highest BCUT2D eigenvalue weighted by Crippen LogP contribution is 2.32. The highest BCUT2D eigenvalue weighted by atomic mass is 35.5. The van der Waals surface area contributed by atoms with Crippen LogP contribution in [0, 0.1) is 5.82 Å². The summed E-state index contributed by atoms with van der Waals surface area (Å²) in [6, 6.07) is 4.70. The maximum Gasteiger partial charge on any atom is 0.175 e. The van der Waals surface area contributed by atoms with Gasteiger partial charge in [0.2, 0.25) is 0 Å². The van der Waals surface area contributed by atoms with Gasteiger partial charge < -0.3 is 0 Å². The Labute approximate surface area is 116 Å². The summed E-state index contributed by atoms with van der Waals surface area (Å²) >= 11 is 10.4. The average Bonchev–Trinajstić information content (AvgIpc) is 2.76. The van der Waals surface area contributed by atoms with Crippen LogP contribution < -0.4 is 0 Å². The Hall–Kier alpha value is -0.300. The largest absolute Gasteiger partial charge is 0.207 e. The fourth-order valence-corrected chi connectivity index (χ4v) is 3.92. The lowest BCUT2D eigenvalue weighted by molar-refractivity contribution is 0.617. The van der Waals surface area contributed by atoms with E-state index < -0.39 is 0 Å². The lowest BCUT2D eigenvalue weighted by Crippen LogP contribution is -1.88. The molecular formula is C10H8ClFN2S3. The molecule has 2 rings (SSSR count). The van der Waals surface area contributed by atoms with E-state index in [1.807, 2.05) is 6.26 Å². The Morgan fingerprint density at radius 2 is 2.12 bits per heavy atom. The first-order valence-electron chi connectivity index (χ1n) is 4.64. The molecule has 0 saturated heterocycles. The van der Waals surface area contributed by atoms with Crippen LogP contribution >= 0.6 is 46.5 Å². The summed E-state index contributed by atoms with van der Waals surface area (Å²) in [5.41, 5.74) is 0.514. The minimum Gasteiger partial charge on any atom is -0.207 e. The van der Waals surface area contributed by atoms with Gasteiger partial charge in [0, 0.05) is 16.3 Å². The van der Waals surface area contributed by atoms with Crippen LogP contribution in [0.15, 0.2) is 26.9 Å². The van der Waals surface area contributed by atoms with Crippen molar-refractivity contribution in [3.05, 3.63) is 34.6 Å². The van der Waals surface area contributed by atoms with Gasteiger partial charge in [-0.3, -0.25) is 0 Å². The lowest BCUT2D eigenvalue weighted by atomic mass is 10.2. The van der Waals surface area contributed by atoms with Gasteiger partial charge in [0.05, 0.1) is 0 Å². The number of hydrogen-bond acceptors (Lipinski definition) is 5. The fraction of sp³-hybridized carbons (Fsp3) is 0.200. The van der Waals surface area contributed by atoms with Gasteiger partial charge in [-0.25, -0.2) is 4.39 Å². The first kappa shape index (κ1) is 13.1. The van der Waals surface area contributed by atoms with Crippen LogP contribution in [0.1, 0.15) is 5.56 Å². The molecule has 0 amide bonds. The maximum atomic E-state index is 13.5. The van der Waals surface area contributed by atoms with E-state index in [-0.39, 0.29) is 5.82 Å². The molecule has 0 aliphatic carbocycles. The normalized spacial score (nSPS) is 10.8. The van der Waals surface area contributed by atoms with Crippen molar-refractivity contribution in [2.45, 2.75) is 14.4 Å². The summed E-state index contributed by atoms with van der Waals surface area (Å²) in [7, 11) is 0. The van der Waals surface area contributed by atoms with Crippen LogP contribution in [-0.2, 0) is 5.75 Å². The van der Waals surface area contributed by atoms with Crippen LogP contribution in [0.4, 0.5) is 4.39 Å². The molecule has 0 spiro atoms. The molecule has 90 valence electrons. The molecule has 2 nitrogen and oxygen atoms in total. The van der Waals surface area contributed by atoms with Gasteiger partial charge in [-0.1, -0.05) is 52.5 Å². The first-order valence-corrected chi connectivity index (χ1v) is 8.04. The summed E-state index contributed by atoms with van der Waals surface area (Å²) in [4.78, 5) is 0. The SMILES string of the molecule is CSc1nnc(SCc2c(F)cccc2Cl)s1. The molecule has 7 heteroatoms. The topological polar surface area (TPSA) is 25.8 Å². The van der Waals surface area contributed by atoms with E-state index in [0.717, 1.165) is 8.68 Å². The second-order valence-electron chi connectivity index (χ2n) is 3.03. The third kappa shape index (κ3) is 3.34. The third-order valence-electron chi connectivity index (χ3n) is 1.96. The fourth-order valence-electron chi connectivity index (χ4n) is 1.14. The quantitative estimate of drug-likeness (QED) is 0.785. The molecule has 1 aromatic carbocycles. The molecule has 17 heavy (non-hydrogen) atoms. The van der Waals surface area contributed by atoms with E-state index in [4.69, 9.17) is 11.6 Å². The zero-order chi connectivity index (χ0) is 12.3. The molecule has 0 aliphatic heterocycles. The van der Waals surface area contributed by atoms with E-state index in [2.05, 4.69) is 10.2 Å². The van der Waals surface area contributed by atoms with Crippen molar-refractivity contribution in [3.63, 3.8) is 0 Å². The predicted molar refractivity (Wildman–Crippen MR) is 72.7 cm³/mol. The van der Waals surface area contributed by atoms with E-state index in [0.29, 0.717) is 16.3 Å². The summed E-state index contributed by atoms with van der Waals surface area (Å²) in [6.45, 7) is 0. The summed E-state index contributed by atoms with van der Waals surface area (Å²) in [5.74, 6) is 0.189. The molecular weight excluding hydrogens is 299 g/mol. The van der Waals surface area contributed by atoms with Crippen LogP contribution in [0.2, 0.25) is 5.02 Å². The van der Waals surface area contributed by atoms with Crippen LogP contribution in [0.25, 0.3) is 0 Å². The van der Waals surface area contributed by atoms with Gasteiger partial charge in [-0.15, -0.1) is 10.2 Å². The number of rotatable bonds is 4. The molecule has 0 saturated carbocycles. The lowest BCUT2D eigenvalue weighted by Gasteiger charge is -2.03. The first-order chi connectivity index (χ1) is 8.20. The van der Waals surface area contributed by atoms with Crippen molar-refractivity contribution in [2.75, 3.05) is 6.26 Å². The maximum absolute atomic E-state index is 13.5. The molecule has 2 aromatic rings. The van der Waals surface area contributed by atoms with Crippen molar-refractivity contribution in [3.8, 4) is 0 Å². The Balaban J connectivity index is 2.07. The Bertz CT molecular complexity index is 498. The third-order valence-corrected chi connectivity index (χ3v) is 5.38. The summed E-state index contributed by atoms with van der Waals surface area (Å²) in [6.07, 6.45) is 1.95. The molecule has 0 aliphatic rings. The van der Waals surface area contributed by atoms with Gasteiger partial charge in [0.25, 0.3) is 0 Å². The van der Waals surface area contributed by atoms with E-state index in [1.165, 1.54) is 29.2 Å². The predicted octanol–water partition coefficient (Wildman–Crippen LogP) is 4.34. The second-order valence-corrected chi connectivity index (χ2v) is 6.69. The molecule has 0 fully saturated rings. The summed E-state index contributed by atoms with van der Waals surface area (Å²) < 4.78 is 15.2. The number of benzene rings is 1. The zero-order valence-corrected chi connectivity index (χ0v) is 12.0. The van der Waals surface area contributed by atoms with Crippen molar-refractivity contribution in [1.29, 1.82) is 0 Å². The minimum atomic E-state index is -0.278. The molecule has 0 radical (unpaired) electrons. The monoisotopic (exact) mass is 306 g/mol. The number of nitrogens with zero attached hydrogens (tertiary/aromatic N) is 2. The number of halogens is 2. The Morgan fingerprint density at radius 1 is 1.35 bits per heavy atom. The highest BCUT2D eigenvalue weighted by Gasteiger charge is 2.09. The van der Waals surface area contributed by atoms with Crippen LogP contribution in [-0.4, -0.2) is 16.5 Å². The smallest absolute Gasteiger partial charge is 0.175 e. The number of aromatic nitrogens is 2. The van der Waals surface area contributed by atoms with Crippen molar-refractivity contribution < 1.29 is 4.39 Å². The van der Waals surface area contributed by atoms with E-state index in [9.17, 15) is 4.39 Å². The second kappa shape index (κ2) is 6.04. The van der Waals surface area contributed by atoms with Gasteiger partial charge in [-0.2, -0.15) is 0 Å². The van der Waals surface area contributed by atoms with Gasteiger partial charge >= 0.3 is 0 Å². The Morgan fingerprint density at radius 3 is 2.76 bits per heavy atom. The van der Waals surface area contributed by atoms with Gasteiger partial charge in [0.1, 0.15) is 5.82 Å². The van der Waals surface area contributed by atoms with E-state index >= 15 is 0 Å². The van der Waals surface area contributed by atoms with Crippen LogP contribution in [0.3, 0.4) is 0 Å². The molecule has 0 atom stereocenters. The standard InChI is InChI=1S/C10H8ClFN2S3/c1-15-9-13-14-10(17-9)16-5-6-7(11)3-2-4-8(6)12/h2-4H,5H2,1H3. The Kier molecular flexibility index (Phi) is 4.67. The number of thioether (sulfide) groups is 2. The van der Waals surface area contributed by atoms with Gasteiger partial charge in [0.15, 0.2) is 8.68 Å². The van der Waals surface area contributed by atoms with E-state index in [1.54, 1.807) is 23.9 Å². The molecule has 0 bridgehead atoms. The van der Waals surface area contributed by atoms with Gasteiger partial charge in [-0.05, 0) is 18.4 Å². The summed E-state index contributed by atoms with van der Waals surface area (Å²) in [5, 5.41) is 8.43. The van der Waals surface area contributed by atoms with Crippen molar-refractivity contribution >= 4 is 46.5 Å². The molecule has 1 aromatic heterocycles. The minimum absolute atomic E-state index is 0.278. The van der Waals surface area contributed by atoms with Crippen LogP contribution in [0.5, 0.6) is 0 Å². The van der Waals surface area contributed by atoms with Crippen molar-refractivity contribution in [1.82, 2.24) is 10.2 Å². The molecule has 1 heterocycles. The molecule has 0 unspecified atom stereocenters. The number of hydrogen-bond donors (Lipinski definition) is 0. The zero-order valence-electron chi connectivity index (χ0n) is 8.81. The molecule has 0 N–H and O–H groups in total. The highest BCUT2D eigenvalue weighted by molar-refractivity contribution is 8.02.